The lowest BCUT2D eigenvalue weighted by atomic mass is 9.71. The van der Waals surface area contributed by atoms with Crippen LogP contribution in [0.2, 0.25) is 0 Å². The summed E-state index contributed by atoms with van der Waals surface area (Å²) in [4.78, 5) is 16.1. The molecule has 1 aliphatic heterocycles. The number of carbonyl (C=O) groups excluding carboxylic acids is 1. The lowest BCUT2D eigenvalue weighted by Crippen LogP contribution is -2.46. The summed E-state index contributed by atoms with van der Waals surface area (Å²) in [6, 6.07) is 54.5. The second-order valence-corrected chi connectivity index (χ2v) is 13.1. The monoisotopic (exact) mass is 681 g/mol. The van der Waals surface area contributed by atoms with Gasteiger partial charge in [0.15, 0.2) is 0 Å². The number of benzene rings is 7. The van der Waals surface area contributed by atoms with Crippen LogP contribution in [0.15, 0.2) is 176 Å². The fraction of sp³-hybridized carbons (Fsp3) is 0.0652. The summed E-state index contributed by atoms with van der Waals surface area (Å²) in [5, 5.41) is 30.2. The van der Waals surface area contributed by atoms with Gasteiger partial charge in [0.25, 0.3) is 5.91 Å². The van der Waals surface area contributed by atoms with Crippen LogP contribution in [0.3, 0.4) is 0 Å². The highest BCUT2D eigenvalue weighted by atomic mass is 16.5. The van der Waals surface area contributed by atoms with Crippen molar-refractivity contribution in [3.05, 3.63) is 215 Å². The summed E-state index contributed by atoms with van der Waals surface area (Å²) in [7, 11) is 0. The molecule has 0 radical (unpaired) electrons. The number of hydrogen-bond donors (Lipinski definition) is 3. The van der Waals surface area contributed by atoms with Gasteiger partial charge in [-0.15, -0.1) is 0 Å². The molecule has 0 saturated heterocycles. The predicted molar refractivity (Wildman–Crippen MR) is 202 cm³/mol. The number of carbonyl (C=O) groups is 1. The van der Waals surface area contributed by atoms with Crippen molar-refractivity contribution in [2.75, 3.05) is 4.90 Å². The first-order valence-corrected chi connectivity index (χ1v) is 17.0. The van der Waals surface area contributed by atoms with Gasteiger partial charge in [-0.2, -0.15) is 0 Å². The molecule has 7 aromatic carbocycles. The number of hydrogen-bond acceptors (Lipinski definition) is 5. The zero-order valence-electron chi connectivity index (χ0n) is 28.3. The van der Waals surface area contributed by atoms with Gasteiger partial charge in [-0.3, -0.25) is 9.69 Å². The summed E-state index contributed by atoms with van der Waals surface area (Å²) < 4.78 is 6.38. The van der Waals surface area contributed by atoms with E-state index in [2.05, 4.69) is 6.92 Å². The highest BCUT2D eigenvalue weighted by Gasteiger charge is 2.52. The average Bonchev–Trinajstić information content (AvgIpc) is 3.45. The maximum absolute atomic E-state index is 14.3. The molecule has 3 N–H and O–H groups in total. The molecular formula is C46H35NO5. The molecule has 0 aliphatic carbocycles. The average molecular weight is 682 g/mol. The maximum atomic E-state index is 14.3. The molecule has 0 saturated carbocycles. The zero-order valence-corrected chi connectivity index (χ0v) is 28.3. The minimum atomic E-state index is -1.02. The van der Waals surface area contributed by atoms with E-state index in [9.17, 15) is 20.1 Å². The van der Waals surface area contributed by atoms with Crippen molar-refractivity contribution >= 4 is 11.6 Å². The molecule has 0 aromatic heterocycles. The molecular weight excluding hydrogens is 647 g/mol. The van der Waals surface area contributed by atoms with E-state index >= 15 is 0 Å². The van der Waals surface area contributed by atoms with Crippen molar-refractivity contribution in [2.24, 2.45) is 0 Å². The van der Waals surface area contributed by atoms with E-state index in [1.807, 2.05) is 144 Å². The maximum Gasteiger partial charge on any atom is 0.260 e. The van der Waals surface area contributed by atoms with E-state index in [0.29, 0.717) is 17.1 Å². The highest BCUT2D eigenvalue weighted by molar-refractivity contribution is 6.13. The quantitative estimate of drug-likeness (QED) is 0.139. The molecule has 1 unspecified atom stereocenters. The molecule has 6 nitrogen and oxygen atoms in total. The molecule has 1 atom stereocenters. The third-order valence-corrected chi connectivity index (χ3v) is 10.2. The number of para-hydroxylation sites is 1. The van der Waals surface area contributed by atoms with E-state index < -0.39 is 11.0 Å². The Morgan fingerprint density at radius 3 is 1.42 bits per heavy atom. The van der Waals surface area contributed by atoms with Crippen molar-refractivity contribution in [3.63, 3.8) is 0 Å². The van der Waals surface area contributed by atoms with Crippen LogP contribution < -0.4 is 9.64 Å². The van der Waals surface area contributed by atoms with Crippen LogP contribution in [-0.4, -0.2) is 21.2 Å². The number of aromatic hydroxyl groups is 3. The highest BCUT2D eigenvalue weighted by Crippen LogP contribution is 2.51. The minimum absolute atomic E-state index is 0.109. The first kappa shape index (κ1) is 32.4. The van der Waals surface area contributed by atoms with Gasteiger partial charge in [0, 0.05) is 16.7 Å². The van der Waals surface area contributed by atoms with E-state index in [4.69, 9.17) is 4.74 Å². The van der Waals surface area contributed by atoms with Gasteiger partial charge in [-0.25, -0.2) is 0 Å². The van der Waals surface area contributed by atoms with Crippen molar-refractivity contribution in [2.45, 2.75) is 17.9 Å². The van der Waals surface area contributed by atoms with E-state index in [1.54, 1.807) is 36.4 Å². The van der Waals surface area contributed by atoms with E-state index in [0.717, 1.165) is 39.1 Å². The van der Waals surface area contributed by atoms with Crippen LogP contribution >= 0.6 is 0 Å². The van der Waals surface area contributed by atoms with E-state index in [-0.39, 0.29) is 23.2 Å². The number of phenolic OH excluding ortho intramolecular Hbond substituents is 3. The summed E-state index contributed by atoms with van der Waals surface area (Å²) >= 11 is 0. The van der Waals surface area contributed by atoms with E-state index in [1.165, 1.54) is 0 Å². The van der Waals surface area contributed by atoms with Crippen LogP contribution in [0.5, 0.6) is 28.7 Å². The molecule has 1 amide bonds. The Kier molecular flexibility index (Phi) is 8.00. The lowest BCUT2D eigenvalue weighted by molar-refractivity contribution is 0.0986. The Labute approximate surface area is 302 Å². The molecule has 6 heteroatoms. The van der Waals surface area contributed by atoms with Crippen molar-refractivity contribution in [1.29, 1.82) is 0 Å². The summed E-state index contributed by atoms with van der Waals surface area (Å²) in [5.41, 5.74) is 5.30. The largest absolute Gasteiger partial charge is 0.508 e. The fourth-order valence-corrected chi connectivity index (χ4v) is 7.55. The van der Waals surface area contributed by atoms with Gasteiger partial charge in [0.2, 0.25) is 0 Å². The third-order valence-electron chi connectivity index (χ3n) is 10.2. The number of amides is 1. The molecule has 0 fully saturated rings. The number of nitrogens with zero attached hydrogens (tertiary/aromatic N) is 1. The normalized spacial score (nSPS) is 15.3. The predicted octanol–water partition coefficient (Wildman–Crippen LogP) is 9.90. The zero-order chi connectivity index (χ0) is 35.9. The number of rotatable bonds is 8. The second-order valence-electron chi connectivity index (χ2n) is 13.1. The Morgan fingerprint density at radius 1 is 0.500 bits per heavy atom. The number of fused-ring (bicyclic) bond motifs is 1. The molecule has 0 bridgehead atoms. The van der Waals surface area contributed by atoms with Crippen molar-refractivity contribution < 1.29 is 24.9 Å². The van der Waals surface area contributed by atoms with Gasteiger partial charge >= 0.3 is 0 Å². The molecule has 7 aromatic rings. The van der Waals surface area contributed by atoms with Gasteiger partial charge in [-0.05, 0) is 119 Å². The molecule has 8 rings (SSSR count). The fourth-order valence-electron chi connectivity index (χ4n) is 7.55. The summed E-state index contributed by atoms with van der Waals surface area (Å²) in [5.74, 6) is 1.69. The Balaban J connectivity index is 1.17. The smallest absolute Gasteiger partial charge is 0.260 e. The standard InChI is InChI=1S/C46H35NO5/c1-45(31-11-21-37(48)22-12-31,32-13-23-38(49)24-14-32)33-17-27-40(28-18-33)52-41-29-19-35(20-30-41)46(34-15-25-39(50)26-16-34)43-10-6-5-9-42(43)44(51)47(46)36-7-3-2-4-8-36/h2-30,48-50H,1H3. The molecule has 1 aliphatic rings. The Morgan fingerprint density at radius 2 is 0.904 bits per heavy atom. The van der Waals surface area contributed by atoms with Crippen molar-refractivity contribution in [3.8, 4) is 28.7 Å². The second kappa shape index (κ2) is 12.8. The first-order chi connectivity index (χ1) is 25.3. The van der Waals surface area contributed by atoms with Gasteiger partial charge in [0.1, 0.15) is 34.3 Å². The number of anilines is 1. The SMILES string of the molecule is CC(c1ccc(O)cc1)(c1ccc(O)cc1)c1ccc(Oc2ccc(C3(c4ccc(O)cc4)c4ccccc4C(=O)N3c3ccccc3)cc2)cc1. The van der Waals surface area contributed by atoms with Crippen LogP contribution in [0.25, 0.3) is 0 Å². The molecule has 52 heavy (non-hydrogen) atoms. The molecule has 254 valence electrons. The lowest BCUT2D eigenvalue weighted by Gasteiger charge is -2.40. The van der Waals surface area contributed by atoms with Crippen LogP contribution in [-0.2, 0) is 11.0 Å². The topological polar surface area (TPSA) is 90.2 Å². The first-order valence-electron chi connectivity index (χ1n) is 17.0. The summed E-state index contributed by atoms with van der Waals surface area (Å²) in [6.45, 7) is 2.12. The van der Waals surface area contributed by atoms with Gasteiger partial charge in [-0.1, -0.05) is 97.1 Å². The third kappa shape index (κ3) is 5.33. The van der Waals surface area contributed by atoms with Gasteiger partial charge < -0.3 is 20.1 Å². The molecule has 0 spiro atoms. The van der Waals surface area contributed by atoms with Crippen LogP contribution in [0, 0.1) is 0 Å². The Hall–Kier alpha value is -6.79. The minimum Gasteiger partial charge on any atom is -0.508 e. The summed E-state index contributed by atoms with van der Waals surface area (Å²) in [6.07, 6.45) is 0. The number of ether oxygens (including phenoxy) is 1. The Bertz CT molecular complexity index is 2310. The molecule has 1 heterocycles. The van der Waals surface area contributed by atoms with Crippen LogP contribution in [0.4, 0.5) is 5.69 Å². The van der Waals surface area contributed by atoms with Crippen molar-refractivity contribution in [1.82, 2.24) is 0 Å². The van der Waals surface area contributed by atoms with Crippen LogP contribution in [0.1, 0.15) is 50.7 Å². The van der Waals surface area contributed by atoms with Gasteiger partial charge in [0.05, 0.1) is 0 Å². The number of phenols is 3.